The standard InChI is InChI=1S/C22H23F3N2O4/c1-3-5-16-18(11-10-17-19(16)31-27-20(17)22(23,24)25)30-13-4-12-26-15-8-6-14(7-9-15)21(28)29-2/h6-11,26H,3-5,12-13H2,1-2H3. The zero-order chi connectivity index (χ0) is 22.4. The van der Waals surface area contributed by atoms with Gasteiger partial charge in [0.1, 0.15) is 5.75 Å². The predicted molar refractivity (Wildman–Crippen MR) is 109 cm³/mol. The summed E-state index contributed by atoms with van der Waals surface area (Å²) in [4.78, 5) is 11.4. The third-order valence-corrected chi connectivity index (χ3v) is 4.68. The number of aromatic nitrogens is 1. The number of carbonyl (C=O) groups excluding carboxylic acids is 1. The van der Waals surface area contributed by atoms with E-state index >= 15 is 0 Å². The van der Waals surface area contributed by atoms with Crippen molar-refractivity contribution in [2.45, 2.75) is 32.4 Å². The smallest absolute Gasteiger partial charge is 0.437 e. The molecular weight excluding hydrogens is 413 g/mol. The molecule has 0 aliphatic carbocycles. The van der Waals surface area contributed by atoms with Gasteiger partial charge in [-0.05, 0) is 49.2 Å². The number of carbonyl (C=O) groups is 1. The molecule has 1 N–H and O–H groups in total. The van der Waals surface area contributed by atoms with Crippen LogP contribution in [0.25, 0.3) is 11.0 Å². The Morgan fingerprint density at radius 2 is 1.90 bits per heavy atom. The van der Waals surface area contributed by atoms with Crippen LogP contribution >= 0.6 is 0 Å². The highest BCUT2D eigenvalue weighted by Crippen LogP contribution is 2.38. The number of rotatable bonds is 9. The summed E-state index contributed by atoms with van der Waals surface area (Å²) in [6.07, 6.45) is -2.67. The largest absolute Gasteiger partial charge is 0.493 e. The van der Waals surface area contributed by atoms with Gasteiger partial charge in [0.2, 0.25) is 0 Å². The summed E-state index contributed by atoms with van der Waals surface area (Å²) in [6, 6.07) is 9.78. The molecule has 1 aromatic heterocycles. The highest BCUT2D eigenvalue weighted by atomic mass is 19.4. The highest BCUT2D eigenvalue weighted by molar-refractivity contribution is 5.89. The molecule has 0 amide bonds. The number of halogens is 3. The Morgan fingerprint density at radius 1 is 1.16 bits per heavy atom. The zero-order valence-electron chi connectivity index (χ0n) is 17.2. The lowest BCUT2D eigenvalue weighted by atomic mass is 10.0. The molecular formula is C22H23F3N2O4. The molecule has 1 heterocycles. The van der Waals surface area contributed by atoms with Gasteiger partial charge in [-0.25, -0.2) is 4.79 Å². The summed E-state index contributed by atoms with van der Waals surface area (Å²) in [5.74, 6) is 0.107. The Kier molecular flexibility index (Phi) is 7.04. The van der Waals surface area contributed by atoms with Gasteiger partial charge < -0.3 is 19.3 Å². The molecule has 166 valence electrons. The number of anilines is 1. The summed E-state index contributed by atoms with van der Waals surface area (Å²) < 4.78 is 54.8. The normalized spacial score (nSPS) is 11.5. The minimum absolute atomic E-state index is 0.0552. The number of ether oxygens (including phenoxy) is 2. The van der Waals surface area contributed by atoms with Crippen LogP contribution in [0, 0.1) is 0 Å². The summed E-state index contributed by atoms with van der Waals surface area (Å²) in [7, 11) is 1.33. The fraction of sp³-hybridized carbons (Fsp3) is 0.364. The predicted octanol–water partition coefficient (Wildman–Crippen LogP) is 5.47. The minimum atomic E-state index is -4.57. The van der Waals surface area contributed by atoms with E-state index in [1.165, 1.54) is 13.2 Å². The van der Waals surface area contributed by atoms with Gasteiger partial charge in [0.05, 0.1) is 24.7 Å². The second-order valence-electron chi connectivity index (χ2n) is 6.90. The van der Waals surface area contributed by atoms with Crippen molar-refractivity contribution in [3.63, 3.8) is 0 Å². The molecule has 31 heavy (non-hydrogen) atoms. The van der Waals surface area contributed by atoms with E-state index in [-0.39, 0.29) is 11.0 Å². The molecule has 0 saturated heterocycles. The average molecular weight is 436 g/mol. The fourth-order valence-corrected chi connectivity index (χ4v) is 3.20. The summed E-state index contributed by atoms with van der Waals surface area (Å²) in [6.45, 7) is 2.91. The van der Waals surface area contributed by atoms with E-state index in [0.29, 0.717) is 42.9 Å². The molecule has 0 saturated carbocycles. The number of methoxy groups -OCH3 is 1. The number of fused-ring (bicyclic) bond motifs is 1. The minimum Gasteiger partial charge on any atom is -0.493 e. The van der Waals surface area contributed by atoms with Crippen LogP contribution in [0.4, 0.5) is 18.9 Å². The van der Waals surface area contributed by atoms with Gasteiger partial charge in [0, 0.05) is 17.8 Å². The number of benzene rings is 2. The number of hydrogen-bond donors (Lipinski definition) is 1. The first-order valence-corrected chi connectivity index (χ1v) is 9.88. The van der Waals surface area contributed by atoms with Crippen LogP contribution in [0.3, 0.4) is 0 Å². The van der Waals surface area contributed by atoms with Crippen LogP contribution in [-0.4, -0.2) is 31.4 Å². The molecule has 0 spiro atoms. The lowest BCUT2D eigenvalue weighted by Crippen LogP contribution is -2.09. The number of esters is 1. The fourth-order valence-electron chi connectivity index (χ4n) is 3.20. The van der Waals surface area contributed by atoms with Crippen molar-refractivity contribution >= 4 is 22.6 Å². The Morgan fingerprint density at radius 3 is 2.55 bits per heavy atom. The summed E-state index contributed by atoms with van der Waals surface area (Å²) in [5, 5.41) is 6.39. The van der Waals surface area contributed by atoms with E-state index in [1.807, 2.05) is 6.92 Å². The molecule has 0 atom stereocenters. The molecule has 3 aromatic rings. The Hall–Kier alpha value is -3.23. The first-order chi connectivity index (χ1) is 14.8. The van der Waals surface area contributed by atoms with Crippen LogP contribution in [0.5, 0.6) is 5.75 Å². The maximum Gasteiger partial charge on any atom is 0.437 e. The zero-order valence-corrected chi connectivity index (χ0v) is 17.2. The highest BCUT2D eigenvalue weighted by Gasteiger charge is 2.37. The molecule has 0 aliphatic heterocycles. The third kappa shape index (κ3) is 5.28. The van der Waals surface area contributed by atoms with Gasteiger partial charge in [-0.2, -0.15) is 13.2 Å². The van der Waals surface area contributed by atoms with Crippen molar-refractivity contribution in [2.75, 3.05) is 25.6 Å². The molecule has 0 radical (unpaired) electrons. The Balaban J connectivity index is 1.59. The first-order valence-electron chi connectivity index (χ1n) is 9.88. The monoisotopic (exact) mass is 436 g/mol. The Bertz CT molecular complexity index is 1030. The van der Waals surface area contributed by atoms with Gasteiger partial charge in [-0.1, -0.05) is 18.5 Å². The third-order valence-electron chi connectivity index (χ3n) is 4.68. The number of alkyl halides is 3. The first kappa shape index (κ1) is 22.5. The van der Waals surface area contributed by atoms with Crippen molar-refractivity contribution in [3.8, 4) is 5.75 Å². The van der Waals surface area contributed by atoms with E-state index in [4.69, 9.17) is 9.26 Å². The van der Waals surface area contributed by atoms with Gasteiger partial charge in [0.15, 0.2) is 11.3 Å². The number of nitrogens with one attached hydrogen (secondary N) is 1. The van der Waals surface area contributed by atoms with Gasteiger partial charge in [0.25, 0.3) is 0 Å². The quantitative estimate of drug-likeness (QED) is 0.354. The van der Waals surface area contributed by atoms with Crippen molar-refractivity contribution in [1.29, 1.82) is 0 Å². The summed E-state index contributed by atoms with van der Waals surface area (Å²) in [5.41, 5.74) is 1.01. The van der Waals surface area contributed by atoms with E-state index in [9.17, 15) is 18.0 Å². The van der Waals surface area contributed by atoms with Crippen LogP contribution in [0.2, 0.25) is 0 Å². The lowest BCUT2D eigenvalue weighted by molar-refractivity contribution is -0.141. The maximum atomic E-state index is 13.1. The van der Waals surface area contributed by atoms with Crippen molar-refractivity contribution in [2.24, 2.45) is 0 Å². The lowest BCUT2D eigenvalue weighted by Gasteiger charge is -2.12. The SMILES string of the molecule is CCCc1c(OCCCNc2ccc(C(=O)OC)cc2)ccc2c(C(F)(F)F)noc12. The van der Waals surface area contributed by atoms with E-state index in [0.717, 1.165) is 12.1 Å². The molecule has 0 unspecified atom stereocenters. The molecule has 2 aromatic carbocycles. The van der Waals surface area contributed by atoms with Crippen molar-refractivity contribution in [1.82, 2.24) is 5.16 Å². The van der Waals surface area contributed by atoms with Crippen LogP contribution < -0.4 is 10.1 Å². The van der Waals surface area contributed by atoms with Crippen LogP contribution in [0.1, 0.15) is 41.4 Å². The van der Waals surface area contributed by atoms with Gasteiger partial charge >= 0.3 is 12.1 Å². The topological polar surface area (TPSA) is 73.6 Å². The maximum absolute atomic E-state index is 13.1. The van der Waals surface area contributed by atoms with E-state index in [2.05, 4.69) is 15.2 Å². The second kappa shape index (κ2) is 9.72. The molecule has 0 bridgehead atoms. The van der Waals surface area contributed by atoms with Crippen LogP contribution in [0.15, 0.2) is 40.9 Å². The number of nitrogens with zero attached hydrogens (tertiary/aromatic N) is 1. The van der Waals surface area contributed by atoms with E-state index in [1.54, 1.807) is 30.3 Å². The molecule has 0 fully saturated rings. The van der Waals surface area contributed by atoms with Gasteiger partial charge in [-0.15, -0.1) is 0 Å². The molecule has 0 aliphatic rings. The van der Waals surface area contributed by atoms with Crippen LogP contribution in [-0.2, 0) is 17.3 Å². The second-order valence-corrected chi connectivity index (χ2v) is 6.90. The van der Waals surface area contributed by atoms with Gasteiger partial charge in [-0.3, -0.25) is 0 Å². The molecule has 3 rings (SSSR count). The van der Waals surface area contributed by atoms with E-state index < -0.39 is 17.8 Å². The number of aryl methyl sites for hydroxylation is 1. The Labute approximate surface area is 177 Å². The van der Waals surface area contributed by atoms with Crippen molar-refractivity contribution < 1.29 is 32.0 Å². The molecule has 9 heteroatoms. The molecule has 6 nitrogen and oxygen atoms in total. The average Bonchev–Trinajstić information content (AvgIpc) is 3.20. The number of hydrogen-bond acceptors (Lipinski definition) is 6. The van der Waals surface area contributed by atoms with Crippen molar-refractivity contribution in [3.05, 3.63) is 53.2 Å². The summed E-state index contributed by atoms with van der Waals surface area (Å²) >= 11 is 0.